The van der Waals surface area contributed by atoms with Crippen LogP contribution >= 0.6 is 0 Å². The second-order valence-corrected chi connectivity index (χ2v) is 5.67. The summed E-state index contributed by atoms with van der Waals surface area (Å²) < 4.78 is 10.6. The summed E-state index contributed by atoms with van der Waals surface area (Å²) in [6, 6.07) is 0.969. The number of alkyl carbamates (subject to hydrolysis) is 1. The lowest BCUT2D eigenvalue weighted by atomic mass is 10.2. The van der Waals surface area contributed by atoms with E-state index in [1.54, 1.807) is 20.8 Å². The molecule has 1 aromatic rings. The van der Waals surface area contributed by atoms with Crippen molar-refractivity contribution >= 4 is 12.1 Å². The lowest BCUT2D eigenvalue weighted by Crippen LogP contribution is -2.49. The molecular formula is C15H20N2O7. The third-order valence-electron chi connectivity index (χ3n) is 2.42. The molecule has 0 saturated heterocycles. The Labute approximate surface area is 139 Å². The second kappa shape index (κ2) is 8.12. The number of hydrogen-bond donors (Lipinski definition) is 3. The highest BCUT2D eigenvalue weighted by molar-refractivity contribution is 5.81. The maximum atomic E-state index is 12.1. The minimum atomic E-state index is -1.27. The van der Waals surface area contributed by atoms with Crippen LogP contribution in [-0.4, -0.2) is 51.9 Å². The molecule has 0 radical (unpaired) electrons. The minimum Gasteiger partial charge on any atom is -0.492 e. The van der Waals surface area contributed by atoms with E-state index < -0.39 is 35.5 Å². The number of amides is 1. The van der Waals surface area contributed by atoms with Crippen molar-refractivity contribution in [2.24, 2.45) is 0 Å². The average Bonchev–Trinajstić information content (AvgIpc) is 2.76. The molecule has 1 unspecified atom stereocenters. The van der Waals surface area contributed by atoms with Crippen molar-refractivity contribution in [3.8, 4) is 24.1 Å². The van der Waals surface area contributed by atoms with Gasteiger partial charge >= 0.3 is 12.1 Å². The largest absolute Gasteiger partial charge is 0.492 e. The van der Waals surface area contributed by atoms with Crippen LogP contribution in [0.2, 0.25) is 0 Å². The third-order valence-corrected chi connectivity index (χ3v) is 2.42. The van der Waals surface area contributed by atoms with E-state index in [1.807, 2.05) is 0 Å². The van der Waals surface area contributed by atoms with Gasteiger partial charge in [0, 0.05) is 12.1 Å². The van der Waals surface area contributed by atoms with Gasteiger partial charge in [-0.1, -0.05) is 5.92 Å². The summed E-state index contributed by atoms with van der Waals surface area (Å²) in [4.78, 5) is 28.8. The van der Waals surface area contributed by atoms with E-state index in [-0.39, 0.29) is 13.2 Å². The molecule has 1 aromatic heterocycles. The number of rotatable bonds is 6. The van der Waals surface area contributed by atoms with E-state index in [1.165, 1.54) is 0 Å². The summed E-state index contributed by atoms with van der Waals surface area (Å²) in [6.45, 7) is 4.60. The van der Waals surface area contributed by atoms with Crippen LogP contribution in [0, 0.1) is 12.3 Å². The highest BCUT2D eigenvalue weighted by Crippen LogP contribution is 2.18. The first-order valence-electron chi connectivity index (χ1n) is 6.96. The van der Waals surface area contributed by atoms with Gasteiger partial charge in [-0.25, -0.2) is 9.59 Å². The second-order valence-electron chi connectivity index (χ2n) is 5.67. The SMILES string of the molecule is C#CCOCC(NC(=O)OC(C)(C)C)C(=O)On1c(O)ccc1O. The molecular weight excluding hydrogens is 320 g/mol. The van der Waals surface area contributed by atoms with Crippen molar-refractivity contribution in [1.29, 1.82) is 0 Å². The fraction of sp³-hybridized carbons (Fsp3) is 0.467. The number of nitrogens with one attached hydrogen (secondary N) is 1. The lowest BCUT2D eigenvalue weighted by molar-refractivity contribution is -0.149. The quantitative estimate of drug-likeness (QED) is 0.506. The Kier molecular flexibility index (Phi) is 6.49. The lowest BCUT2D eigenvalue weighted by Gasteiger charge is -2.22. The van der Waals surface area contributed by atoms with Gasteiger partial charge in [0.15, 0.2) is 6.04 Å². The predicted octanol–water partition coefficient (Wildman–Crippen LogP) is 0.398. The average molecular weight is 340 g/mol. The van der Waals surface area contributed by atoms with Crippen molar-refractivity contribution in [2.75, 3.05) is 13.2 Å². The van der Waals surface area contributed by atoms with E-state index in [0.29, 0.717) is 4.73 Å². The molecule has 132 valence electrons. The summed E-state index contributed by atoms with van der Waals surface area (Å²) in [7, 11) is 0. The number of terminal acetylenes is 1. The van der Waals surface area contributed by atoms with Gasteiger partial charge < -0.3 is 29.8 Å². The van der Waals surface area contributed by atoms with Crippen LogP contribution in [0.3, 0.4) is 0 Å². The smallest absolute Gasteiger partial charge is 0.408 e. The zero-order valence-corrected chi connectivity index (χ0v) is 13.6. The van der Waals surface area contributed by atoms with Crippen molar-refractivity contribution in [1.82, 2.24) is 10.0 Å². The van der Waals surface area contributed by atoms with Gasteiger partial charge in [0.2, 0.25) is 11.8 Å². The van der Waals surface area contributed by atoms with E-state index >= 15 is 0 Å². The van der Waals surface area contributed by atoms with Gasteiger partial charge in [0.05, 0.1) is 6.61 Å². The zero-order valence-electron chi connectivity index (χ0n) is 13.6. The highest BCUT2D eigenvalue weighted by Gasteiger charge is 2.27. The summed E-state index contributed by atoms with van der Waals surface area (Å²) in [5.41, 5.74) is -0.769. The van der Waals surface area contributed by atoms with Crippen LogP contribution in [0.5, 0.6) is 11.8 Å². The van der Waals surface area contributed by atoms with Crippen molar-refractivity contribution in [2.45, 2.75) is 32.4 Å². The molecule has 9 heteroatoms. The number of hydrogen-bond acceptors (Lipinski definition) is 7. The molecule has 1 amide bonds. The number of aromatic hydroxyl groups is 2. The normalized spacial score (nSPS) is 12.1. The Morgan fingerprint density at radius 2 is 1.92 bits per heavy atom. The van der Waals surface area contributed by atoms with Gasteiger partial charge in [0.25, 0.3) is 0 Å². The van der Waals surface area contributed by atoms with Gasteiger partial charge in [-0.05, 0) is 20.8 Å². The zero-order chi connectivity index (χ0) is 18.3. The number of aromatic nitrogens is 1. The molecule has 9 nitrogen and oxygen atoms in total. The maximum absolute atomic E-state index is 12.1. The molecule has 0 fully saturated rings. The Bertz CT molecular complexity index is 605. The molecule has 0 aromatic carbocycles. The third kappa shape index (κ3) is 6.10. The minimum absolute atomic E-state index is 0.0835. The van der Waals surface area contributed by atoms with Crippen LogP contribution in [0.4, 0.5) is 4.79 Å². The Morgan fingerprint density at radius 3 is 2.42 bits per heavy atom. The molecule has 0 aliphatic carbocycles. The molecule has 1 rings (SSSR count). The van der Waals surface area contributed by atoms with Crippen LogP contribution in [-0.2, 0) is 14.3 Å². The molecule has 0 aliphatic rings. The molecule has 0 saturated carbocycles. The van der Waals surface area contributed by atoms with E-state index in [9.17, 15) is 19.8 Å². The highest BCUT2D eigenvalue weighted by atomic mass is 16.7. The van der Waals surface area contributed by atoms with Crippen LogP contribution < -0.4 is 10.2 Å². The Morgan fingerprint density at radius 1 is 1.33 bits per heavy atom. The first kappa shape index (κ1) is 19.2. The molecule has 24 heavy (non-hydrogen) atoms. The molecule has 0 spiro atoms. The van der Waals surface area contributed by atoms with E-state index in [4.69, 9.17) is 20.7 Å². The van der Waals surface area contributed by atoms with Crippen molar-refractivity contribution in [3.05, 3.63) is 12.1 Å². The standard InChI is InChI=1S/C15H20N2O7/c1-5-8-22-9-10(16-14(21)23-15(2,3)4)13(20)24-17-11(18)6-7-12(17)19/h1,6-7,10,18-19H,8-9H2,2-4H3,(H,16,21). The predicted molar refractivity (Wildman–Crippen MR) is 82.2 cm³/mol. The number of carbonyl (C=O) groups is 2. The number of carbonyl (C=O) groups excluding carboxylic acids is 2. The van der Waals surface area contributed by atoms with Crippen LogP contribution in [0.15, 0.2) is 12.1 Å². The summed E-state index contributed by atoms with van der Waals surface area (Å²) in [6.07, 6.45) is 4.19. The molecule has 1 atom stereocenters. The van der Waals surface area contributed by atoms with Gasteiger partial charge in [-0.3, -0.25) is 0 Å². The molecule has 0 bridgehead atoms. The summed E-state index contributed by atoms with van der Waals surface area (Å²) >= 11 is 0. The van der Waals surface area contributed by atoms with Crippen LogP contribution in [0.25, 0.3) is 0 Å². The molecule has 0 aliphatic heterocycles. The van der Waals surface area contributed by atoms with Crippen molar-refractivity contribution in [3.63, 3.8) is 0 Å². The topological polar surface area (TPSA) is 119 Å². The van der Waals surface area contributed by atoms with Crippen LogP contribution in [0.1, 0.15) is 20.8 Å². The first-order valence-corrected chi connectivity index (χ1v) is 6.96. The Hall–Kier alpha value is -2.86. The van der Waals surface area contributed by atoms with E-state index in [2.05, 4.69) is 11.2 Å². The monoisotopic (exact) mass is 340 g/mol. The molecule has 3 N–H and O–H groups in total. The first-order chi connectivity index (χ1) is 11.1. The number of ether oxygens (including phenoxy) is 2. The van der Waals surface area contributed by atoms with Crippen molar-refractivity contribution < 1.29 is 34.1 Å². The number of nitrogens with zero attached hydrogens (tertiary/aromatic N) is 1. The maximum Gasteiger partial charge on any atom is 0.408 e. The summed E-state index contributed by atoms with van der Waals surface area (Å²) in [5.74, 6) is 0.216. The van der Waals surface area contributed by atoms with E-state index in [0.717, 1.165) is 12.1 Å². The Balaban J connectivity index is 2.78. The fourth-order valence-corrected chi connectivity index (χ4v) is 1.50. The molecule has 1 heterocycles. The van der Waals surface area contributed by atoms with Gasteiger partial charge in [0.1, 0.15) is 12.2 Å². The summed E-state index contributed by atoms with van der Waals surface area (Å²) in [5, 5.41) is 21.2. The fourth-order valence-electron chi connectivity index (χ4n) is 1.50. The van der Waals surface area contributed by atoms with Gasteiger partial charge in [-0.15, -0.1) is 11.2 Å². The van der Waals surface area contributed by atoms with Gasteiger partial charge in [-0.2, -0.15) is 0 Å².